The lowest BCUT2D eigenvalue weighted by molar-refractivity contribution is -0.140. The lowest BCUT2D eigenvalue weighted by Gasteiger charge is -2.19. The normalized spacial score (nSPS) is 12.1. The van der Waals surface area contributed by atoms with E-state index in [-0.39, 0.29) is 39.6 Å². The van der Waals surface area contributed by atoms with Crippen LogP contribution in [0.1, 0.15) is 25.5 Å². The molecule has 170 valence electrons. The average molecular weight is 468 g/mol. The third-order valence-corrected chi connectivity index (χ3v) is 5.57. The van der Waals surface area contributed by atoms with Gasteiger partial charge in [-0.3, -0.25) is 0 Å². The van der Waals surface area contributed by atoms with Crippen molar-refractivity contribution in [1.82, 2.24) is 4.98 Å². The summed E-state index contributed by atoms with van der Waals surface area (Å²) in [6.45, 7) is 2.09. The number of alkyl halides is 3. The van der Waals surface area contributed by atoms with Gasteiger partial charge in [0, 0.05) is 11.6 Å². The Morgan fingerprint density at radius 1 is 1.00 bits per heavy atom. The van der Waals surface area contributed by atoms with Crippen LogP contribution in [0.25, 0.3) is 22.3 Å². The quantitative estimate of drug-likeness (QED) is 0.372. The number of nitrogens with zero attached hydrogens (tertiary/aromatic N) is 1. The average Bonchev–Trinajstić information content (AvgIpc) is 2.73. The molecular weight excluding hydrogens is 448 g/mol. The van der Waals surface area contributed by atoms with Crippen molar-refractivity contribution in [1.29, 1.82) is 0 Å². The van der Waals surface area contributed by atoms with Crippen LogP contribution in [-0.2, 0) is 16.2 Å². The first-order chi connectivity index (χ1) is 15.0. The van der Waals surface area contributed by atoms with Crippen LogP contribution < -0.4 is 9.88 Å². The molecule has 10 heteroatoms. The third-order valence-electron chi connectivity index (χ3n) is 4.64. The molecule has 0 radical (unpaired) electrons. The van der Waals surface area contributed by atoms with Gasteiger partial charge in [-0.25, -0.2) is 22.9 Å². The van der Waals surface area contributed by atoms with Gasteiger partial charge in [-0.15, -0.1) is 0 Å². The predicted molar refractivity (Wildman–Crippen MR) is 112 cm³/mol. The highest BCUT2D eigenvalue weighted by atomic mass is 32.2. The van der Waals surface area contributed by atoms with Gasteiger partial charge in [-0.2, -0.15) is 13.2 Å². The van der Waals surface area contributed by atoms with Gasteiger partial charge in [0.25, 0.3) is 0 Å². The smallest absolute Gasteiger partial charge is 0.434 e. The van der Waals surface area contributed by atoms with E-state index >= 15 is 0 Å². The minimum Gasteiger partial charge on any atom is -0.478 e. The number of sulfonamides is 1. The standard InChI is InChI=1S/C22H20F4N2O3S/c1-2-3-12-31-19-13-18(14-6-10-17(11-7-14)32(27,29)30)20(21(28-19)22(24,25)26)15-4-8-16(23)9-5-15/h4-11,13H,2-3,12H2,1H3,(H2,27,29,30). The monoisotopic (exact) mass is 468 g/mol. The van der Waals surface area contributed by atoms with E-state index in [0.717, 1.165) is 18.6 Å². The molecule has 1 heterocycles. The highest BCUT2D eigenvalue weighted by molar-refractivity contribution is 7.89. The Morgan fingerprint density at radius 2 is 1.59 bits per heavy atom. The van der Waals surface area contributed by atoms with Crippen LogP contribution in [0, 0.1) is 5.82 Å². The lowest BCUT2D eigenvalue weighted by Crippen LogP contribution is -2.13. The van der Waals surface area contributed by atoms with Crippen molar-refractivity contribution in [3.05, 3.63) is 66.1 Å². The molecule has 32 heavy (non-hydrogen) atoms. The zero-order valence-electron chi connectivity index (χ0n) is 17.0. The summed E-state index contributed by atoms with van der Waals surface area (Å²) >= 11 is 0. The largest absolute Gasteiger partial charge is 0.478 e. The van der Waals surface area contributed by atoms with Crippen molar-refractivity contribution in [3.63, 3.8) is 0 Å². The molecule has 0 bridgehead atoms. The molecule has 2 aromatic carbocycles. The van der Waals surface area contributed by atoms with Crippen LogP contribution in [-0.4, -0.2) is 20.0 Å². The fourth-order valence-corrected chi connectivity index (χ4v) is 3.60. The second-order valence-electron chi connectivity index (χ2n) is 7.01. The molecule has 3 aromatic rings. The van der Waals surface area contributed by atoms with Crippen LogP contribution in [0.3, 0.4) is 0 Å². The fraction of sp³-hybridized carbons (Fsp3) is 0.227. The Balaban J connectivity index is 2.28. The summed E-state index contributed by atoms with van der Waals surface area (Å²) in [6.07, 6.45) is -3.42. The van der Waals surface area contributed by atoms with Crippen molar-refractivity contribution in [3.8, 4) is 28.1 Å². The van der Waals surface area contributed by atoms with Crippen LogP contribution >= 0.6 is 0 Å². The Labute approximate surface area is 182 Å². The Bertz CT molecular complexity index is 1190. The van der Waals surface area contributed by atoms with Gasteiger partial charge >= 0.3 is 6.18 Å². The highest BCUT2D eigenvalue weighted by Gasteiger charge is 2.38. The van der Waals surface area contributed by atoms with Gasteiger partial charge in [-0.1, -0.05) is 37.6 Å². The number of unbranched alkanes of at least 4 members (excludes halogenated alkanes) is 1. The first-order valence-corrected chi connectivity index (χ1v) is 11.2. The number of ether oxygens (including phenoxy) is 1. The molecule has 3 rings (SSSR count). The van der Waals surface area contributed by atoms with Crippen LogP contribution in [0.2, 0.25) is 0 Å². The summed E-state index contributed by atoms with van der Waals surface area (Å²) in [7, 11) is -3.98. The second kappa shape index (κ2) is 9.25. The van der Waals surface area contributed by atoms with Crippen LogP contribution in [0.15, 0.2) is 59.5 Å². The number of aromatic nitrogens is 1. The number of rotatable bonds is 7. The number of hydrogen-bond donors (Lipinski definition) is 1. The number of pyridine rings is 1. The predicted octanol–water partition coefficient (Wildman–Crippen LogP) is 5.40. The molecule has 5 nitrogen and oxygen atoms in total. The van der Waals surface area contributed by atoms with E-state index in [1.807, 2.05) is 6.92 Å². The fourth-order valence-electron chi connectivity index (χ4n) is 3.08. The van der Waals surface area contributed by atoms with Gasteiger partial charge < -0.3 is 4.74 Å². The summed E-state index contributed by atoms with van der Waals surface area (Å²) < 4.78 is 84.0. The first-order valence-electron chi connectivity index (χ1n) is 9.65. The number of benzene rings is 2. The molecule has 2 N–H and O–H groups in total. The van der Waals surface area contributed by atoms with E-state index in [4.69, 9.17) is 9.88 Å². The number of hydrogen-bond acceptors (Lipinski definition) is 4. The van der Waals surface area contributed by atoms with Crippen molar-refractivity contribution >= 4 is 10.0 Å². The molecule has 0 saturated heterocycles. The topological polar surface area (TPSA) is 82.3 Å². The van der Waals surface area contributed by atoms with Gasteiger partial charge in [0.05, 0.1) is 11.5 Å². The summed E-state index contributed by atoms with van der Waals surface area (Å²) in [4.78, 5) is 3.51. The van der Waals surface area contributed by atoms with Crippen molar-refractivity contribution in [2.75, 3.05) is 6.61 Å². The zero-order chi connectivity index (χ0) is 23.5. The molecule has 0 amide bonds. The molecule has 0 fully saturated rings. The molecular formula is C22H20F4N2O3S. The maximum atomic E-state index is 14.0. The maximum absolute atomic E-state index is 14.0. The maximum Gasteiger partial charge on any atom is 0.434 e. The molecule has 0 unspecified atom stereocenters. The molecule has 0 spiro atoms. The van der Waals surface area contributed by atoms with Crippen molar-refractivity contribution in [2.24, 2.45) is 5.14 Å². The van der Waals surface area contributed by atoms with Crippen LogP contribution in [0.5, 0.6) is 5.88 Å². The summed E-state index contributed by atoms with van der Waals surface area (Å²) in [5.41, 5.74) is -0.986. The van der Waals surface area contributed by atoms with Gasteiger partial charge in [0.2, 0.25) is 15.9 Å². The molecule has 0 aliphatic carbocycles. The van der Waals surface area contributed by atoms with E-state index in [0.29, 0.717) is 6.42 Å². The first kappa shape index (κ1) is 23.7. The number of halogens is 4. The lowest BCUT2D eigenvalue weighted by atomic mass is 9.93. The van der Waals surface area contributed by atoms with Crippen molar-refractivity contribution in [2.45, 2.75) is 30.8 Å². The van der Waals surface area contributed by atoms with Crippen LogP contribution in [0.4, 0.5) is 17.6 Å². The summed E-state index contributed by atoms with van der Waals surface area (Å²) in [6, 6.07) is 11.0. The van der Waals surface area contributed by atoms with Gasteiger partial charge in [-0.05, 0) is 47.4 Å². The highest BCUT2D eigenvalue weighted by Crippen LogP contribution is 2.43. The summed E-state index contributed by atoms with van der Waals surface area (Å²) in [5.74, 6) is -0.823. The van der Waals surface area contributed by atoms with E-state index in [1.165, 1.54) is 42.5 Å². The SMILES string of the molecule is CCCCOc1cc(-c2ccc(S(N)(=O)=O)cc2)c(-c2ccc(F)cc2)c(C(F)(F)F)n1. The van der Waals surface area contributed by atoms with E-state index < -0.39 is 27.7 Å². The molecule has 1 aromatic heterocycles. The number of primary sulfonamides is 1. The minimum absolute atomic E-state index is 0.0943. The van der Waals surface area contributed by atoms with Gasteiger partial charge in [0.1, 0.15) is 5.82 Å². The third kappa shape index (κ3) is 5.43. The number of nitrogens with two attached hydrogens (primary N) is 1. The molecule has 0 aliphatic heterocycles. The molecule has 0 aliphatic rings. The molecule has 0 saturated carbocycles. The summed E-state index contributed by atoms with van der Waals surface area (Å²) in [5, 5.41) is 5.11. The minimum atomic E-state index is -4.83. The van der Waals surface area contributed by atoms with E-state index in [1.54, 1.807) is 0 Å². The Hall–Kier alpha value is -2.98. The van der Waals surface area contributed by atoms with Gasteiger partial charge in [0.15, 0.2) is 5.69 Å². The second-order valence-corrected chi connectivity index (χ2v) is 8.57. The van der Waals surface area contributed by atoms with Crippen molar-refractivity contribution < 1.29 is 30.7 Å². The van der Waals surface area contributed by atoms with E-state index in [2.05, 4.69) is 4.98 Å². The molecule has 0 atom stereocenters. The Kier molecular flexibility index (Phi) is 6.85. The zero-order valence-corrected chi connectivity index (χ0v) is 17.8. The van der Waals surface area contributed by atoms with E-state index in [9.17, 15) is 26.0 Å². The Morgan fingerprint density at radius 3 is 2.12 bits per heavy atom.